The second-order valence-corrected chi connectivity index (χ2v) is 6.30. The van der Waals surface area contributed by atoms with Gasteiger partial charge < -0.3 is 0 Å². The first kappa shape index (κ1) is 12.4. The van der Waals surface area contributed by atoms with Crippen molar-refractivity contribution in [1.29, 1.82) is 0 Å². The lowest BCUT2D eigenvalue weighted by Gasteiger charge is -2.30. The Balaban J connectivity index is 2.08. The molecule has 3 nitrogen and oxygen atoms in total. The van der Waals surface area contributed by atoms with E-state index in [0.717, 1.165) is 37.7 Å². The molecule has 94 valence electrons. The van der Waals surface area contributed by atoms with Gasteiger partial charge in [-0.3, -0.25) is 4.90 Å². The Labute approximate surface area is 99.0 Å². The van der Waals surface area contributed by atoms with E-state index < -0.39 is 21.5 Å². The fourth-order valence-electron chi connectivity index (χ4n) is 1.78. The molecule has 0 radical (unpaired) electrons. The molecule has 1 heterocycles. The number of nitrogens with zero attached hydrogens (tertiary/aromatic N) is 1. The van der Waals surface area contributed by atoms with E-state index in [9.17, 15) is 17.2 Å². The highest BCUT2D eigenvalue weighted by Crippen LogP contribution is 2.14. The van der Waals surface area contributed by atoms with Crippen LogP contribution in [0.3, 0.4) is 0 Å². The smallest absolute Gasteiger partial charge is 0.167 e. The predicted molar refractivity (Wildman–Crippen MR) is 60.0 cm³/mol. The lowest BCUT2D eigenvalue weighted by atomic mass is 10.2. The molecule has 0 bridgehead atoms. The van der Waals surface area contributed by atoms with Crippen molar-refractivity contribution in [2.24, 2.45) is 0 Å². The monoisotopic (exact) mass is 261 g/mol. The van der Waals surface area contributed by atoms with Gasteiger partial charge in [-0.05, 0) is 24.1 Å². The van der Waals surface area contributed by atoms with E-state index in [1.807, 2.05) is 0 Å². The summed E-state index contributed by atoms with van der Waals surface area (Å²) < 4.78 is 49.3. The summed E-state index contributed by atoms with van der Waals surface area (Å²) in [5.41, 5.74) is 0.156. The maximum absolute atomic E-state index is 12.9. The highest BCUT2D eigenvalue weighted by atomic mass is 32.2. The number of hydrogen-bond donors (Lipinski definition) is 0. The standard InChI is InChI=1S/C11H13F2NO2S/c12-10-4-9(5-11(13)6-10)7-17(15,16)8-14-2-1-3-14/h4-6H,1-3,7-8H2. The first-order valence-corrected chi connectivity index (χ1v) is 7.14. The molecule has 1 aliphatic heterocycles. The number of benzene rings is 1. The Morgan fingerprint density at radius 1 is 1.12 bits per heavy atom. The van der Waals surface area contributed by atoms with Crippen molar-refractivity contribution < 1.29 is 17.2 Å². The van der Waals surface area contributed by atoms with Crippen LogP contribution in [0.1, 0.15) is 12.0 Å². The minimum atomic E-state index is -3.34. The normalized spacial score (nSPS) is 16.8. The molecule has 17 heavy (non-hydrogen) atoms. The third kappa shape index (κ3) is 3.47. The molecule has 0 spiro atoms. The van der Waals surface area contributed by atoms with Crippen molar-refractivity contribution in [3.63, 3.8) is 0 Å². The van der Waals surface area contributed by atoms with Crippen molar-refractivity contribution in [2.75, 3.05) is 19.0 Å². The Bertz CT molecular complexity index is 492. The molecular formula is C11H13F2NO2S. The van der Waals surface area contributed by atoms with Crippen LogP contribution >= 0.6 is 0 Å². The molecule has 1 saturated heterocycles. The quantitative estimate of drug-likeness (QED) is 0.825. The molecule has 0 aromatic heterocycles. The fourth-order valence-corrected chi connectivity index (χ4v) is 3.36. The number of sulfone groups is 1. The Morgan fingerprint density at radius 2 is 1.71 bits per heavy atom. The zero-order chi connectivity index (χ0) is 12.5. The first-order chi connectivity index (χ1) is 7.94. The van der Waals surface area contributed by atoms with Gasteiger partial charge in [0.2, 0.25) is 0 Å². The number of hydrogen-bond acceptors (Lipinski definition) is 3. The van der Waals surface area contributed by atoms with E-state index in [2.05, 4.69) is 0 Å². The van der Waals surface area contributed by atoms with Crippen molar-refractivity contribution in [3.05, 3.63) is 35.4 Å². The lowest BCUT2D eigenvalue weighted by molar-refractivity contribution is 0.213. The van der Waals surface area contributed by atoms with Gasteiger partial charge in [-0.25, -0.2) is 17.2 Å². The molecule has 0 amide bonds. The average molecular weight is 261 g/mol. The van der Waals surface area contributed by atoms with Crippen LogP contribution in [0.25, 0.3) is 0 Å². The van der Waals surface area contributed by atoms with Crippen LogP contribution < -0.4 is 0 Å². The molecule has 1 aliphatic rings. The summed E-state index contributed by atoms with van der Waals surface area (Å²) in [6.07, 6.45) is 1.00. The Kier molecular flexibility index (Phi) is 3.44. The summed E-state index contributed by atoms with van der Waals surface area (Å²) in [4.78, 5) is 1.80. The largest absolute Gasteiger partial charge is 0.290 e. The molecule has 1 aromatic rings. The maximum Gasteiger partial charge on any atom is 0.167 e. The van der Waals surface area contributed by atoms with E-state index in [-0.39, 0.29) is 17.2 Å². The molecule has 6 heteroatoms. The van der Waals surface area contributed by atoms with Crippen molar-refractivity contribution in [2.45, 2.75) is 12.2 Å². The van der Waals surface area contributed by atoms with Crippen LogP contribution in [0.2, 0.25) is 0 Å². The maximum atomic E-state index is 12.9. The second kappa shape index (κ2) is 4.70. The Hall–Kier alpha value is -1.01. The van der Waals surface area contributed by atoms with E-state index in [1.165, 1.54) is 0 Å². The van der Waals surface area contributed by atoms with E-state index >= 15 is 0 Å². The van der Waals surface area contributed by atoms with E-state index in [1.54, 1.807) is 4.90 Å². The molecule has 0 saturated carbocycles. The van der Waals surface area contributed by atoms with Gasteiger partial charge in [-0.2, -0.15) is 0 Å². The SMILES string of the molecule is O=S(=O)(Cc1cc(F)cc(F)c1)CN1CCC1. The molecule has 1 aromatic carbocycles. The molecule has 0 aliphatic carbocycles. The van der Waals surface area contributed by atoms with Gasteiger partial charge in [0.25, 0.3) is 0 Å². The van der Waals surface area contributed by atoms with Crippen LogP contribution in [0.5, 0.6) is 0 Å². The third-order valence-electron chi connectivity index (χ3n) is 2.64. The summed E-state index contributed by atoms with van der Waals surface area (Å²) in [5.74, 6) is -1.86. The van der Waals surface area contributed by atoms with Gasteiger partial charge in [0.15, 0.2) is 9.84 Å². The van der Waals surface area contributed by atoms with Gasteiger partial charge in [0.1, 0.15) is 17.5 Å². The van der Waals surface area contributed by atoms with Crippen LogP contribution in [-0.4, -0.2) is 32.3 Å². The Morgan fingerprint density at radius 3 is 2.18 bits per heavy atom. The minimum absolute atomic E-state index is 0.0366. The van der Waals surface area contributed by atoms with Crippen LogP contribution in [0, 0.1) is 11.6 Å². The second-order valence-electron chi connectivity index (χ2n) is 4.27. The summed E-state index contributed by atoms with van der Waals surface area (Å²) in [5, 5.41) is 0. The van der Waals surface area contributed by atoms with Crippen LogP contribution in [0.15, 0.2) is 18.2 Å². The van der Waals surface area contributed by atoms with Crippen molar-refractivity contribution >= 4 is 9.84 Å². The molecule has 0 atom stereocenters. The van der Waals surface area contributed by atoms with Gasteiger partial charge in [-0.15, -0.1) is 0 Å². The summed E-state index contributed by atoms with van der Waals surface area (Å²) >= 11 is 0. The average Bonchev–Trinajstić information content (AvgIpc) is 2.09. The summed E-state index contributed by atoms with van der Waals surface area (Å²) in [6.45, 7) is 1.55. The fraction of sp³-hybridized carbons (Fsp3) is 0.455. The van der Waals surface area contributed by atoms with Gasteiger partial charge in [0, 0.05) is 19.2 Å². The summed E-state index contributed by atoms with van der Waals surface area (Å²) in [6, 6.07) is 2.83. The highest BCUT2D eigenvalue weighted by molar-refractivity contribution is 7.90. The third-order valence-corrected chi connectivity index (χ3v) is 4.17. The number of halogens is 2. The first-order valence-electron chi connectivity index (χ1n) is 5.32. The predicted octanol–water partition coefficient (Wildman–Crippen LogP) is 1.54. The molecule has 1 fully saturated rings. The van der Waals surface area contributed by atoms with Crippen molar-refractivity contribution in [3.8, 4) is 0 Å². The van der Waals surface area contributed by atoms with E-state index in [4.69, 9.17) is 0 Å². The van der Waals surface area contributed by atoms with Crippen LogP contribution in [0.4, 0.5) is 8.78 Å². The molecule has 2 rings (SSSR count). The topological polar surface area (TPSA) is 37.4 Å². The zero-order valence-electron chi connectivity index (χ0n) is 9.20. The molecular weight excluding hydrogens is 248 g/mol. The molecule has 0 unspecified atom stereocenters. The van der Waals surface area contributed by atoms with Crippen LogP contribution in [-0.2, 0) is 15.6 Å². The highest BCUT2D eigenvalue weighted by Gasteiger charge is 2.22. The lowest BCUT2D eigenvalue weighted by Crippen LogP contribution is -2.40. The zero-order valence-corrected chi connectivity index (χ0v) is 10.0. The molecule has 0 N–H and O–H groups in total. The number of likely N-dealkylation sites (tertiary alicyclic amines) is 1. The summed E-state index contributed by atoms with van der Waals surface area (Å²) in [7, 11) is -3.34. The van der Waals surface area contributed by atoms with Crippen molar-refractivity contribution in [1.82, 2.24) is 4.90 Å². The van der Waals surface area contributed by atoms with Gasteiger partial charge in [-0.1, -0.05) is 0 Å². The van der Waals surface area contributed by atoms with E-state index in [0.29, 0.717) is 0 Å². The minimum Gasteiger partial charge on any atom is -0.290 e. The number of rotatable bonds is 4. The van der Waals surface area contributed by atoms with Gasteiger partial charge >= 0.3 is 0 Å². The van der Waals surface area contributed by atoms with Gasteiger partial charge in [0.05, 0.1) is 5.75 Å².